The van der Waals surface area contributed by atoms with Crippen molar-refractivity contribution in [1.29, 1.82) is 0 Å². The molecule has 0 saturated carbocycles. The summed E-state index contributed by atoms with van der Waals surface area (Å²) in [6.45, 7) is 0. The lowest BCUT2D eigenvalue weighted by molar-refractivity contribution is -0.389. The van der Waals surface area contributed by atoms with Gasteiger partial charge < -0.3 is 14.9 Å². The van der Waals surface area contributed by atoms with Gasteiger partial charge in [0, 0.05) is 29.5 Å². The maximum Gasteiger partial charge on any atom is 0.363 e. The Morgan fingerprint density at radius 1 is 1.12 bits per heavy atom. The van der Waals surface area contributed by atoms with E-state index in [1.807, 2.05) is 6.07 Å². The van der Waals surface area contributed by atoms with Crippen molar-refractivity contribution in [2.75, 3.05) is 7.11 Å². The van der Waals surface area contributed by atoms with E-state index in [2.05, 4.69) is 9.97 Å². The Labute approximate surface area is 97.1 Å². The molecule has 2 heterocycles. The second-order valence-electron chi connectivity index (χ2n) is 3.25. The quantitative estimate of drug-likeness (QED) is 0.596. The number of nitrogens with zero attached hydrogens (tertiary/aromatic N) is 3. The van der Waals surface area contributed by atoms with Gasteiger partial charge >= 0.3 is 5.82 Å². The van der Waals surface area contributed by atoms with E-state index in [9.17, 15) is 10.1 Å². The zero-order valence-corrected chi connectivity index (χ0v) is 9.03. The summed E-state index contributed by atoms with van der Waals surface area (Å²) < 4.78 is 4.94. The lowest BCUT2D eigenvalue weighted by atomic mass is 10.1. The fourth-order valence-electron chi connectivity index (χ4n) is 1.34. The van der Waals surface area contributed by atoms with E-state index in [-0.39, 0.29) is 5.82 Å². The summed E-state index contributed by atoms with van der Waals surface area (Å²) in [7, 11) is 1.54. The van der Waals surface area contributed by atoms with Crippen LogP contribution >= 0.6 is 0 Å². The highest BCUT2D eigenvalue weighted by molar-refractivity contribution is 5.62. The summed E-state index contributed by atoms with van der Waals surface area (Å²) in [6, 6.07) is 6.53. The van der Waals surface area contributed by atoms with E-state index in [4.69, 9.17) is 4.74 Å². The Balaban J connectivity index is 2.29. The predicted molar refractivity (Wildman–Crippen MR) is 60.7 cm³/mol. The first-order valence-electron chi connectivity index (χ1n) is 4.81. The SMILES string of the molecule is COc1ccc(-c2ccc([N+](=O)[O-])nc2)cn1. The molecule has 0 aliphatic heterocycles. The highest BCUT2D eigenvalue weighted by Crippen LogP contribution is 2.20. The Kier molecular flexibility index (Phi) is 2.95. The van der Waals surface area contributed by atoms with Crippen molar-refractivity contribution in [1.82, 2.24) is 9.97 Å². The van der Waals surface area contributed by atoms with Crippen molar-refractivity contribution in [3.63, 3.8) is 0 Å². The molecule has 0 spiro atoms. The smallest absolute Gasteiger partial charge is 0.363 e. The maximum absolute atomic E-state index is 10.4. The Bertz CT molecular complexity index is 523. The van der Waals surface area contributed by atoms with Crippen molar-refractivity contribution in [3.8, 4) is 17.0 Å². The van der Waals surface area contributed by atoms with Crippen LogP contribution in [0.15, 0.2) is 36.7 Å². The molecule has 0 aliphatic rings. The average Bonchev–Trinajstić information content (AvgIpc) is 2.39. The van der Waals surface area contributed by atoms with E-state index in [0.717, 1.165) is 11.1 Å². The van der Waals surface area contributed by atoms with Gasteiger partial charge in [-0.25, -0.2) is 4.98 Å². The van der Waals surface area contributed by atoms with E-state index in [1.54, 1.807) is 18.3 Å². The monoisotopic (exact) mass is 231 g/mol. The number of methoxy groups -OCH3 is 1. The molecule has 0 aromatic carbocycles. The van der Waals surface area contributed by atoms with Gasteiger partial charge in [-0.2, -0.15) is 0 Å². The molecule has 17 heavy (non-hydrogen) atoms. The number of nitro groups is 1. The summed E-state index contributed by atoms with van der Waals surface area (Å²) in [5, 5.41) is 10.4. The van der Waals surface area contributed by atoms with E-state index in [0.29, 0.717) is 5.88 Å². The van der Waals surface area contributed by atoms with Crippen LogP contribution in [0.3, 0.4) is 0 Å². The van der Waals surface area contributed by atoms with Crippen molar-refractivity contribution in [2.24, 2.45) is 0 Å². The minimum atomic E-state index is -0.532. The number of hydrogen-bond donors (Lipinski definition) is 0. The van der Waals surface area contributed by atoms with Crippen molar-refractivity contribution < 1.29 is 9.66 Å². The first-order chi connectivity index (χ1) is 8.20. The average molecular weight is 231 g/mol. The third-order valence-corrected chi connectivity index (χ3v) is 2.21. The molecule has 0 aliphatic carbocycles. The van der Waals surface area contributed by atoms with Gasteiger partial charge in [-0.1, -0.05) is 0 Å². The van der Waals surface area contributed by atoms with Crippen LogP contribution in [0.25, 0.3) is 11.1 Å². The molecule has 0 fully saturated rings. The van der Waals surface area contributed by atoms with Crippen LogP contribution in [0.4, 0.5) is 5.82 Å². The number of pyridine rings is 2. The standard InChI is InChI=1S/C11H9N3O3/c1-17-11-5-3-9(7-13-11)8-2-4-10(12-6-8)14(15)16/h2-7H,1H3. The third kappa shape index (κ3) is 2.36. The molecule has 0 N–H and O–H groups in total. The maximum atomic E-state index is 10.4. The van der Waals surface area contributed by atoms with Crippen molar-refractivity contribution >= 4 is 5.82 Å². The lowest BCUT2D eigenvalue weighted by Crippen LogP contribution is -1.92. The summed E-state index contributed by atoms with van der Waals surface area (Å²) in [6.07, 6.45) is 3.07. The van der Waals surface area contributed by atoms with Gasteiger partial charge in [0.2, 0.25) is 5.88 Å². The first-order valence-corrected chi connectivity index (χ1v) is 4.81. The molecular formula is C11H9N3O3. The number of aromatic nitrogens is 2. The molecule has 6 heteroatoms. The van der Waals surface area contributed by atoms with Crippen LogP contribution in [-0.4, -0.2) is 22.0 Å². The molecule has 2 aromatic heterocycles. The van der Waals surface area contributed by atoms with Gasteiger partial charge in [0.1, 0.15) is 6.20 Å². The number of ether oxygens (including phenoxy) is 1. The Morgan fingerprint density at radius 3 is 2.18 bits per heavy atom. The largest absolute Gasteiger partial charge is 0.481 e. The van der Waals surface area contributed by atoms with Crippen molar-refractivity contribution in [2.45, 2.75) is 0 Å². The van der Waals surface area contributed by atoms with Gasteiger partial charge in [0.05, 0.1) is 7.11 Å². The zero-order valence-electron chi connectivity index (χ0n) is 9.03. The summed E-state index contributed by atoms with van der Waals surface area (Å²) in [4.78, 5) is 17.7. The van der Waals surface area contributed by atoms with Crippen LogP contribution in [0.1, 0.15) is 0 Å². The molecule has 0 radical (unpaired) electrons. The van der Waals surface area contributed by atoms with E-state index in [1.165, 1.54) is 19.4 Å². The summed E-state index contributed by atoms with van der Waals surface area (Å²) in [5.41, 5.74) is 1.60. The molecule has 2 rings (SSSR count). The molecular weight excluding hydrogens is 222 g/mol. The molecule has 2 aromatic rings. The molecule has 0 bridgehead atoms. The van der Waals surface area contributed by atoms with Gasteiger partial charge in [-0.3, -0.25) is 0 Å². The van der Waals surface area contributed by atoms with Crippen LogP contribution in [-0.2, 0) is 0 Å². The highest BCUT2D eigenvalue weighted by Gasteiger charge is 2.07. The fraction of sp³-hybridized carbons (Fsp3) is 0.0909. The van der Waals surface area contributed by atoms with Gasteiger partial charge in [-0.15, -0.1) is 0 Å². The summed E-state index contributed by atoms with van der Waals surface area (Å²) in [5.74, 6) is 0.346. The van der Waals surface area contributed by atoms with Crippen LogP contribution in [0.2, 0.25) is 0 Å². The van der Waals surface area contributed by atoms with Crippen LogP contribution < -0.4 is 4.74 Å². The fourth-order valence-corrected chi connectivity index (χ4v) is 1.34. The second-order valence-corrected chi connectivity index (χ2v) is 3.25. The molecule has 0 unspecified atom stereocenters. The van der Waals surface area contributed by atoms with Crippen LogP contribution in [0, 0.1) is 10.1 Å². The van der Waals surface area contributed by atoms with Gasteiger partial charge in [0.25, 0.3) is 0 Å². The molecule has 0 saturated heterocycles. The van der Waals surface area contributed by atoms with Crippen LogP contribution in [0.5, 0.6) is 5.88 Å². The molecule has 86 valence electrons. The molecule has 0 atom stereocenters. The Hall–Kier alpha value is -2.50. The topological polar surface area (TPSA) is 78.2 Å². The molecule has 0 amide bonds. The van der Waals surface area contributed by atoms with E-state index < -0.39 is 4.92 Å². The first kappa shape index (κ1) is 11.0. The third-order valence-electron chi connectivity index (χ3n) is 2.21. The summed E-state index contributed by atoms with van der Waals surface area (Å²) >= 11 is 0. The Morgan fingerprint density at radius 2 is 1.76 bits per heavy atom. The zero-order chi connectivity index (χ0) is 12.3. The number of hydrogen-bond acceptors (Lipinski definition) is 5. The number of rotatable bonds is 3. The van der Waals surface area contributed by atoms with Gasteiger partial charge in [-0.05, 0) is 22.0 Å². The minimum Gasteiger partial charge on any atom is -0.481 e. The highest BCUT2D eigenvalue weighted by atomic mass is 16.6. The second kappa shape index (κ2) is 4.56. The predicted octanol–water partition coefficient (Wildman–Crippen LogP) is 2.06. The van der Waals surface area contributed by atoms with Gasteiger partial charge in [0.15, 0.2) is 0 Å². The lowest BCUT2D eigenvalue weighted by Gasteiger charge is -2.01. The van der Waals surface area contributed by atoms with E-state index >= 15 is 0 Å². The minimum absolute atomic E-state index is 0.171. The normalized spacial score (nSPS) is 9.94. The molecule has 6 nitrogen and oxygen atoms in total. The van der Waals surface area contributed by atoms with Crippen molar-refractivity contribution in [3.05, 3.63) is 46.8 Å².